The van der Waals surface area contributed by atoms with Crippen LogP contribution in [0.15, 0.2) is 53.5 Å². The fraction of sp³-hybridized carbons (Fsp3) is 0.333. The van der Waals surface area contributed by atoms with Gasteiger partial charge in [0.15, 0.2) is 0 Å². The number of rotatable bonds is 6. The molecule has 1 fully saturated rings. The molecular weight excluding hydrogens is 295 g/mol. The van der Waals surface area contributed by atoms with Gasteiger partial charge in [0.1, 0.15) is 5.82 Å². The maximum absolute atomic E-state index is 13.0. The van der Waals surface area contributed by atoms with Gasteiger partial charge in [-0.05, 0) is 36.6 Å². The summed E-state index contributed by atoms with van der Waals surface area (Å²) in [5.41, 5.74) is 0.820. The van der Waals surface area contributed by atoms with E-state index in [1.54, 1.807) is 35.0 Å². The highest BCUT2D eigenvalue weighted by Gasteiger charge is 2.32. The van der Waals surface area contributed by atoms with Crippen LogP contribution in [-0.2, 0) is 17.9 Å². The predicted molar refractivity (Wildman–Crippen MR) is 85.3 cm³/mol. The number of hydrogen-bond donors (Lipinski definition) is 0. The van der Waals surface area contributed by atoms with E-state index in [2.05, 4.69) is 0 Å². The first kappa shape index (κ1) is 15.5. The average Bonchev–Trinajstić information content (AvgIpc) is 3.38. The number of pyridine rings is 1. The zero-order chi connectivity index (χ0) is 16.2. The van der Waals surface area contributed by atoms with Gasteiger partial charge in [-0.25, -0.2) is 4.39 Å². The van der Waals surface area contributed by atoms with Crippen LogP contribution in [0.25, 0.3) is 0 Å². The van der Waals surface area contributed by atoms with Crippen LogP contribution in [0.4, 0.5) is 4.39 Å². The van der Waals surface area contributed by atoms with Gasteiger partial charge in [0.2, 0.25) is 5.91 Å². The van der Waals surface area contributed by atoms with Crippen molar-refractivity contribution < 1.29 is 9.18 Å². The number of carbonyl (C=O) groups excluding carboxylic acids is 1. The molecule has 0 atom stereocenters. The van der Waals surface area contributed by atoms with Crippen molar-refractivity contribution in [1.29, 1.82) is 0 Å². The normalized spacial score (nSPS) is 13.8. The van der Waals surface area contributed by atoms with Gasteiger partial charge in [-0.15, -0.1) is 0 Å². The van der Waals surface area contributed by atoms with Crippen LogP contribution < -0.4 is 5.56 Å². The molecule has 0 saturated heterocycles. The van der Waals surface area contributed by atoms with Crippen LogP contribution >= 0.6 is 0 Å². The molecule has 3 rings (SSSR count). The van der Waals surface area contributed by atoms with E-state index >= 15 is 0 Å². The van der Waals surface area contributed by atoms with Gasteiger partial charge in [0.05, 0.1) is 0 Å². The Kier molecular flexibility index (Phi) is 4.55. The highest BCUT2D eigenvalue weighted by Crippen LogP contribution is 2.29. The van der Waals surface area contributed by atoms with Crippen LogP contribution in [0.1, 0.15) is 24.8 Å². The number of benzene rings is 1. The Morgan fingerprint density at radius 1 is 1.17 bits per heavy atom. The minimum absolute atomic E-state index is 0.0348. The predicted octanol–water partition coefficient (Wildman–Crippen LogP) is 2.57. The summed E-state index contributed by atoms with van der Waals surface area (Å²) in [4.78, 5) is 26.0. The molecule has 120 valence electrons. The Morgan fingerprint density at radius 2 is 1.91 bits per heavy atom. The number of aromatic nitrogens is 1. The third-order valence-electron chi connectivity index (χ3n) is 4.04. The van der Waals surface area contributed by atoms with Gasteiger partial charge in [0.25, 0.3) is 5.56 Å². The molecule has 5 heteroatoms. The highest BCUT2D eigenvalue weighted by atomic mass is 19.1. The van der Waals surface area contributed by atoms with Crippen LogP contribution in [0.3, 0.4) is 0 Å². The molecule has 4 nitrogen and oxygen atoms in total. The first-order chi connectivity index (χ1) is 11.1. The Morgan fingerprint density at radius 3 is 2.57 bits per heavy atom. The molecule has 23 heavy (non-hydrogen) atoms. The van der Waals surface area contributed by atoms with Crippen molar-refractivity contribution in [3.8, 4) is 0 Å². The summed E-state index contributed by atoms with van der Waals surface area (Å²) in [6.45, 7) is 0.874. The summed E-state index contributed by atoms with van der Waals surface area (Å²) >= 11 is 0. The van der Waals surface area contributed by atoms with Crippen molar-refractivity contribution in [2.75, 3.05) is 0 Å². The second-order valence-corrected chi connectivity index (χ2v) is 5.86. The number of hydrogen-bond acceptors (Lipinski definition) is 2. The molecule has 1 amide bonds. The molecule has 1 aromatic carbocycles. The second-order valence-electron chi connectivity index (χ2n) is 5.86. The van der Waals surface area contributed by atoms with Crippen molar-refractivity contribution >= 4 is 5.91 Å². The summed E-state index contributed by atoms with van der Waals surface area (Å²) in [7, 11) is 0. The van der Waals surface area contributed by atoms with Crippen molar-refractivity contribution in [2.45, 2.75) is 38.4 Å². The third-order valence-corrected chi connectivity index (χ3v) is 4.04. The number of aryl methyl sites for hydroxylation is 1. The summed E-state index contributed by atoms with van der Waals surface area (Å²) in [5, 5.41) is 0. The van der Waals surface area contributed by atoms with E-state index in [4.69, 9.17) is 0 Å². The van der Waals surface area contributed by atoms with Gasteiger partial charge in [-0.3, -0.25) is 9.59 Å². The number of halogens is 1. The van der Waals surface area contributed by atoms with E-state index in [1.165, 1.54) is 18.2 Å². The molecule has 0 aliphatic heterocycles. The molecule has 2 aromatic rings. The van der Waals surface area contributed by atoms with Crippen LogP contribution in [-0.4, -0.2) is 21.4 Å². The van der Waals surface area contributed by atoms with Crippen LogP contribution in [0, 0.1) is 5.82 Å². The summed E-state index contributed by atoms with van der Waals surface area (Å²) < 4.78 is 14.5. The lowest BCUT2D eigenvalue weighted by atomic mass is 10.2. The summed E-state index contributed by atoms with van der Waals surface area (Å²) in [6.07, 6.45) is 4.01. The summed E-state index contributed by atoms with van der Waals surface area (Å²) in [5.74, 6) is -0.242. The van der Waals surface area contributed by atoms with Gasteiger partial charge >= 0.3 is 0 Å². The molecule has 0 bridgehead atoms. The molecule has 1 heterocycles. The van der Waals surface area contributed by atoms with E-state index in [-0.39, 0.29) is 23.3 Å². The van der Waals surface area contributed by atoms with E-state index in [1.807, 2.05) is 4.90 Å². The average molecular weight is 314 g/mol. The number of amides is 1. The SMILES string of the molecule is O=C(CCn1ccccc1=O)N(Cc1ccc(F)cc1)C1CC1. The van der Waals surface area contributed by atoms with Crippen molar-refractivity contribution in [3.63, 3.8) is 0 Å². The molecule has 1 aliphatic rings. The van der Waals surface area contributed by atoms with Gasteiger partial charge < -0.3 is 9.47 Å². The standard InChI is InChI=1S/C18H19FN2O2/c19-15-6-4-14(5-7-15)13-21(16-8-9-16)18(23)10-12-20-11-2-1-3-17(20)22/h1-7,11,16H,8-10,12-13H2. The summed E-state index contributed by atoms with van der Waals surface area (Å²) in [6, 6.07) is 11.5. The maximum Gasteiger partial charge on any atom is 0.250 e. The number of nitrogens with zero attached hydrogens (tertiary/aromatic N) is 2. The quantitative estimate of drug-likeness (QED) is 0.822. The lowest BCUT2D eigenvalue weighted by molar-refractivity contribution is -0.132. The van der Waals surface area contributed by atoms with E-state index < -0.39 is 0 Å². The molecule has 1 aliphatic carbocycles. The van der Waals surface area contributed by atoms with Crippen LogP contribution in [0.5, 0.6) is 0 Å². The van der Waals surface area contributed by atoms with Gasteiger partial charge in [-0.2, -0.15) is 0 Å². The Bertz CT molecular complexity index is 735. The van der Waals surface area contributed by atoms with Crippen molar-refractivity contribution in [2.24, 2.45) is 0 Å². The largest absolute Gasteiger partial charge is 0.335 e. The smallest absolute Gasteiger partial charge is 0.250 e. The van der Waals surface area contributed by atoms with Crippen molar-refractivity contribution in [3.05, 3.63) is 70.4 Å². The maximum atomic E-state index is 13.0. The molecule has 0 spiro atoms. The first-order valence-electron chi connectivity index (χ1n) is 7.83. The third kappa shape index (κ3) is 4.06. The van der Waals surface area contributed by atoms with Gasteiger partial charge in [-0.1, -0.05) is 18.2 Å². The van der Waals surface area contributed by atoms with Crippen LogP contribution in [0.2, 0.25) is 0 Å². The van der Waals surface area contributed by atoms with Crippen molar-refractivity contribution in [1.82, 2.24) is 9.47 Å². The minimum Gasteiger partial charge on any atom is -0.335 e. The molecule has 1 aromatic heterocycles. The highest BCUT2D eigenvalue weighted by molar-refractivity contribution is 5.76. The fourth-order valence-electron chi connectivity index (χ4n) is 2.60. The molecule has 1 saturated carbocycles. The minimum atomic E-state index is -0.276. The number of carbonyl (C=O) groups is 1. The zero-order valence-electron chi connectivity index (χ0n) is 12.8. The molecular formula is C18H19FN2O2. The Labute approximate surface area is 134 Å². The topological polar surface area (TPSA) is 42.3 Å². The van der Waals surface area contributed by atoms with E-state index in [0.717, 1.165) is 18.4 Å². The van der Waals surface area contributed by atoms with E-state index in [0.29, 0.717) is 19.5 Å². The molecule has 0 N–H and O–H groups in total. The van der Waals surface area contributed by atoms with Gasteiger partial charge in [0, 0.05) is 37.8 Å². The monoisotopic (exact) mass is 314 g/mol. The molecule has 0 unspecified atom stereocenters. The Hall–Kier alpha value is -2.43. The lowest BCUT2D eigenvalue weighted by Crippen LogP contribution is -2.34. The van der Waals surface area contributed by atoms with E-state index in [9.17, 15) is 14.0 Å². The first-order valence-corrected chi connectivity index (χ1v) is 7.83. The molecule has 0 radical (unpaired) electrons. The fourth-order valence-corrected chi connectivity index (χ4v) is 2.60. The zero-order valence-corrected chi connectivity index (χ0v) is 12.8. The Balaban J connectivity index is 1.64. The second kappa shape index (κ2) is 6.77. The lowest BCUT2D eigenvalue weighted by Gasteiger charge is -2.23.